The number of imidazole rings is 1. The predicted molar refractivity (Wildman–Crippen MR) is 214 cm³/mol. The summed E-state index contributed by atoms with van der Waals surface area (Å²) in [7, 11) is 0. The summed E-state index contributed by atoms with van der Waals surface area (Å²) in [6.45, 7) is 8.85. The van der Waals surface area contributed by atoms with Gasteiger partial charge in [0.05, 0.1) is 23.4 Å². The highest BCUT2D eigenvalue weighted by Gasteiger charge is 2.38. The van der Waals surface area contributed by atoms with Gasteiger partial charge in [0.1, 0.15) is 24.0 Å². The maximum absolute atomic E-state index is 14.2. The lowest BCUT2D eigenvalue weighted by atomic mass is 10.0. The number of fused-ring (bicyclic) bond motifs is 1. The molecule has 2 fully saturated rings. The molecule has 2 saturated heterocycles. The smallest absolute Gasteiger partial charge is 0.245 e. The van der Waals surface area contributed by atoms with E-state index in [1.807, 2.05) is 29.3 Å². The lowest BCUT2D eigenvalue weighted by molar-refractivity contribution is -0.138. The van der Waals surface area contributed by atoms with Crippen molar-refractivity contribution in [3.63, 3.8) is 0 Å². The Morgan fingerprint density at radius 1 is 0.811 bits per heavy atom. The number of nitrogens with one attached hydrogen (secondary N) is 2. The van der Waals surface area contributed by atoms with Crippen molar-refractivity contribution in [1.29, 1.82) is 0 Å². The first-order valence-corrected chi connectivity index (χ1v) is 19.2. The Kier molecular flexibility index (Phi) is 10.2. The summed E-state index contributed by atoms with van der Waals surface area (Å²) in [5.41, 5.74) is 8.40. The number of hydrogen-bond donors (Lipinski definition) is 2. The number of anilines is 3. The van der Waals surface area contributed by atoms with Crippen LogP contribution >= 0.6 is 0 Å². The molecule has 270 valence electrons. The Hall–Kier alpha value is -5.54. The number of nitrogens with zero attached hydrogens (tertiary/aromatic N) is 6. The molecule has 4 heterocycles. The molecular formula is C44H48N8O. The van der Waals surface area contributed by atoms with Crippen LogP contribution in [0.5, 0.6) is 0 Å². The molecular weight excluding hydrogens is 657 g/mol. The van der Waals surface area contributed by atoms with E-state index in [0.717, 1.165) is 102 Å². The molecule has 0 spiro atoms. The molecule has 6 aromatic rings. The van der Waals surface area contributed by atoms with Gasteiger partial charge >= 0.3 is 0 Å². The standard InChI is InChI=1S/C44H48N8O/c1-3-50(4-2)41(33-12-7-5-8-13-33)44(53)52-27-11-14-40(52)43-45-29-39(49-43)32-17-15-31(16-18-32)34-19-24-38-37(28-34)42(47-30-46-38)48-35-20-22-36(23-21-35)51-25-9-6-10-26-51/h5,7-8,12-13,15-24,28-30,40-41H,3-4,6,9-11,14,25-27H2,1-2H3,(H,45,49)(H,46,47,48)/t40-,41?/m0/s1. The van der Waals surface area contributed by atoms with Crippen LogP contribution in [0.25, 0.3) is 33.3 Å². The molecule has 8 rings (SSSR count). The minimum absolute atomic E-state index is 0.0764. The van der Waals surface area contributed by atoms with Gasteiger partial charge in [0.25, 0.3) is 0 Å². The topological polar surface area (TPSA) is 93.3 Å². The molecule has 2 aromatic heterocycles. The largest absolute Gasteiger partial charge is 0.372 e. The summed E-state index contributed by atoms with van der Waals surface area (Å²) < 4.78 is 0. The Morgan fingerprint density at radius 2 is 1.55 bits per heavy atom. The van der Waals surface area contributed by atoms with Crippen molar-refractivity contribution in [2.45, 2.75) is 58.0 Å². The number of hydrogen-bond acceptors (Lipinski definition) is 7. The molecule has 2 aliphatic heterocycles. The van der Waals surface area contributed by atoms with E-state index in [-0.39, 0.29) is 18.0 Å². The Bertz CT molecular complexity index is 2140. The third-order valence-electron chi connectivity index (χ3n) is 11.0. The fraction of sp³-hybridized carbons (Fsp3) is 0.318. The number of piperidine rings is 1. The van der Waals surface area contributed by atoms with Crippen LogP contribution in [-0.2, 0) is 4.79 Å². The van der Waals surface area contributed by atoms with Gasteiger partial charge < -0.3 is 20.1 Å². The van der Waals surface area contributed by atoms with Gasteiger partial charge in [-0.25, -0.2) is 15.0 Å². The summed E-state index contributed by atoms with van der Waals surface area (Å²) in [5, 5.41) is 4.51. The highest BCUT2D eigenvalue weighted by atomic mass is 16.2. The molecule has 4 aromatic carbocycles. The summed E-state index contributed by atoms with van der Waals surface area (Å²) in [6, 6.07) is 33.3. The lowest BCUT2D eigenvalue weighted by Crippen LogP contribution is -2.43. The van der Waals surface area contributed by atoms with E-state index in [1.165, 1.54) is 24.9 Å². The molecule has 9 heteroatoms. The second kappa shape index (κ2) is 15.6. The maximum Gasteiger partial charge on any atom is 0.245 e. The van der Waals surface area contributed by atoms with Crippen molar-refractivity contribution in [2.75, 3.05) is 42.9 Å². The van der Waals surface area contributed by atoms with E-state index < -0.39 is 0 Å². The van der Waals surface area contributed by atoms with E-state index >= 15 is 0 Å². The molecule has 2 atom stereocenters. The van der Waals surface area contributed by atoms with Crippen LogP contribution in [0.3, 0.4) is 0 Å². The third kappa shape index (κ3) is 7.26. The first-order chi connectivity index (χ1) is 26.1. The van der Waals surface area contributed by atoms with Gasteiger partial charge in [-0.1, -0.05) is 74.5 Å². The third-order valence-corrected chi connectivity index (χ3v) is 11.0. The van der Waals surface area contributed by atoms with Crippen LogP contribution in [0.2, 0.25) is 0 Å². The molecule has 0 radical (unpaired) electrons. The summed E-state index contributed by atoms with van der Waals surface area (Å²) in [5.74, 6) is 1.78. The molecule has 9 nitrogen and oxygen atoms in total. The SMILES string of the molecule is CCN(CC)C(C(=O)N1CCC[C@H]1c1ncc(-c2ccc(-c3ccc4ncnc(Nc5ccc(N6CCCCC6)cc5)c4c3)cc2)[nH]1)c1ccccc1. The number of H-pyrrole nitrogens is 1. The Labute approximate surface area is 312 Å². The summed E-state index contributed by atoms with van der Waals surface area (Å²) in [6.07, 6.45) is 9.22. The van der Waals surface area contributed by atoms with Gasteiger partial charge in [-0.15, -0.1) is 0 Å². The number of carbonyl (C=O) groups excluding carboxylic acids is 1. The van der Waals surface area contributed by atoms with E-state index in [1.54, 1.807) is 6.33 Å². The monoisotopic (exact) mass is 704 g/mol. The zero-order valence-electron chi connectivity index (χ0n) is 30.7. The molecule has 53 heavy (non-hydrogen) atoms. The van der Waals surface area contributed by atoms with Gasteiger partial charge in [0.2, 0.25) is 5.91 Å². The van der Waals surface area contributed by atoms with Gasteiger partial charge in [-0.3, -0.25) is 9.69 Å². The number of likely N-dealkylation sites (N-methyl/N-ethyl adjacent to an activating group) is 1. The molecule has 0 bridgehead atoms. The predicted octanol–water partition coefficient (Wildman–Crippen LogP) is 9.17. The average molecular weight is 705 g/mol. The molecule has 0 saturated carbocycles. The first-order valence-electron chi connectivity index (χ1n) is 19.2. The van der Waals surface area contributed by atoms with Crippen LogP contribution in [0.15, 0.2) is 110 Å². The Morgan fingerprint density at radius 3 is 2.30 bits per heavy atom. The molecule has 1 amide bonds. The number of aromatic amines is 1. The van der Waals surface area contributed by atoms with Crippen molar-refractivity contribution in [3.05, 3.63) is 121 Å². The minimum atomic E-state index is -0.307. The molecule has 0 aliphatic carbocycles. The Balaban J connectivity index is 0.987. The summed E-state index contributed by atoms with van der Waals surface area (Å²) >= 11 is 0. The van der Waals surface area contributed by atoms with Gasteiger partial charge in [-0.2, -0.15) is 0 Å². The lowest BCUT2D eigenvalue weighted by Gasteiger charge is -2.34. The quantitative estimate of drug-likeness (QED) is 0.139. The highest BCUT2D eigenvalue weighted by Crippen LogP contribution is 2.36. The second-order valence-corrected chi connectivity index (χ2v) is 14.2. The molecule has 2 N–H and O–H groups in total. The van der Waals surface area contributed by atoms with E-state index in [9.17, 15) is 4.79 Å². The van der Waals surface area contributed by atoms with Crippen LogP contribution in [0.1, 0.15) is 69.4 Å². The number of carbonyl (C=O) groups is 1. The summed E-state index contributed by atoms with van der Waals surface area (Å²) in [4.78, 5) is 38.6. The first kappa shape index (κ1) is 34.5. The van der Waals surface area contributed by atoms with E-state index in [2.05, 4.69) is 123 Å². The number of benzene rings is 4. The zero-order valence-corrected chi connectivity index (χ0v) is 30.7. The maximum atomic E-state index is 14.2. The number of aromatic nitrogens is 4. The van der Waals surface area contributed by atoms with E-state index in [4.69, 9.17) is 4.98 Å². The van der Waals surface area contributed by atoms with Gasteiger partial charge in [0, 0.05) is 36.4 Å². The van der Waals surface area contributed by atoms with Crippen molar-refractivity contribution >= 4 is 34.0 Å². The fourth-order valence-corrected chi connectivity index (χ4v) is 8.08. The van der Waals surface area contributed by atoms with Crippen LogP contribution in [0.4, 0.5) is 17.2 Å². The van der Waals surface area contributed by atoms with Crippen LogP contribution in [-0.4, -0.2) is 68.4 Å². The molecule has 2 aliphatic rings. The van der Waals surface area contributed by atoms with Crippen molar-refractivity contribution in [1.82, 2.24) is 29.7 Å². The van der Waals surface area contributed by atoms with E-state index in [0.29, 0.717) is 0 Å². The number of rotatable bonds is 11. The van der Waals surface area contributed by atoms with Crippen molar-refractivity contribution in [3.8, 4) is 22.4 Å². The second-order valence-electron chi connectivity index (χ2n) is 14.2. The average Bonchev–Trinajstić information content (AvgIpc) is 3.92. The fourth-order valence-electron chi connectivity index (χ4n) is 8.08. The van der Waals surface area contributed by atoms with Crippen LogP contribution in [0, 0.1) is 0 Å². The van der Waals surface area contributed by atoms with Gasteiger partial charge in [-0.05, 0) is 104 Å². The van der Waals surface area contributed by atoms with Crippen molar-refractivity contribution < 1.29 is 4.79 Å². The number of amides is 1. The molecule has 1 unspecified atom stereocenters. The van der Waals surface area contributed by atoms with Crippen molar-refractivity contribution in [2.24, 2.45) is 0 Å². The normalized spacial score (nSPS) is 16.7. The minimum Gasteiger partial charge on any atom is -0.372 e. The van der Waals surface area contributed by atoms with Gasteiger partial charge in [0.15, 0.2) is 0 Å². The van der Waals surface area contributed by atoms with Crippen LogP contribution < -0.4 is 10.2 Å². The number of likely N-dealkylation sites (tertiary alicyclic amines) is 1. The highest BCUT2D eigenvalue weighted by molar-refractivity contribution is 5.94. The zero-order chi connectivity index (χ0) is 36.1.